The second-order valence-corrected chi connectivity index (χ2v) is 20.2. The van der Waals surface area contributed by atoms with E-state index in [1.807, 2.05) is 30.3 Å². The molecule has 17 nitrogen and oxygen atoms in total. The van der Waals surface area contributed by atoms with Crippen LogP contribution in [0.2, 0.25) is 0 Å². The van der Waals surface area contributed by atoms with Crippen molar-refractivity contribution in [2.45, 2.75) is 75.9 Å². The Labute approximate surface area is 388 Å². The zero-order valence-electron chi connectivity index (χ0n) is 37.0. The van der Waals surface area contributed by atoms with Crippen molar-refractivity contribution in [2.24, 2.45) is 5.73 Å². The monoisotopic (exact) mass is 941 g/mol. The Morgan fingerprint density at radius 3 is 2.33 bits per heavy atom. The number of piperidine rings is 2. The molecule has 3 fully saturated rings. The smallest absolute Gasteiger partial charge is 0.266 e. The minimum Gasteiger partial charge on any atom is -0.490 e. The van der Waals surface area contributed by atoms with Crippen molar-refractivity contribution in [2.75, 3.05) is 59.2 Å². The number of carbonyl (C=O) groups is 5. The first-order valence-corrected chi connectivity index (χ1v) is 24.3. The molecule has 0 radical (unpaired) electrons. The summed E-state index contributed by atoms with van der Waals surface area (Å²) in [4.78, 5) is 67.1. The Balaban J connectivity index is 0.790. The number of imide groups is 2. The van der Waals surface area contributed by atoms with Crippen molar-refractivity contribution >= 4 is 67.7 Å². The Kier molecular flexibility index (Phi) is 14.3. The van der Waals surface area contributed by atoms with Crippen molar-refractivity contribution in [1.82, 2.24) is 29.3 Å². The first kappa shape index (κ1) is 46.9. The highest BCUT2D eigenvalue weighted by Crippen LogP contribution is 2.38. The number of carbonyl (C=O) groups excluding carboxylic acids is 5. The summed E-state index contributed by atoms with van der Waals surface area (Å²) in [5.41, 5.74) is 10.9. The van der Waals surface area contributed by atoms with Gasteiger partial charge in [0.1, 0.15) is 23.4 Å². The predicted molar refractivity (Wildman–Crippen MR) is 249 cm³/mol. The molecule has 350 valence electrons. The molecule has 2 unspecified atom stereocenters. The van der Waals surface area contributed by atoms with Gasteiger partial charge in [-0.25, -0.2) is 12.7 Å². The number of nitrogens with zero attached hydrogens (tertiary/aromatic N) is 4. The molecule has 5 heterocycles. The molecular weight excluding hydrogens is 887 g/mol. The molecule has 0 spiro atoms. The van der Waals surface area contributed by atoms with Crippen LogP contribution in [0, 0.1) is 0 Å². The van der Waals surface area contributed by atoms with Crippen LogP contribution in [-0.4, -0.2) is 138 Å². The number of ether oxygens (including phenoxy) is 3. The number of sulfonamides is 1. The van der Waals surface area contributed by atoms with Gasteiger partial charge in [0.25, 0.3) is 11.8 Å². The number of hydrogen-bond acceptors (Lipinski definition) is 12. The van der Waals surface area contributed by atoms with Crippen LogP contribution in [0.3, 0.4) is 0 Å². The largest absolute Gasteiger partial charge is 0.490 e. The predicted octanol–water partition coefficient (Wildman–Crippen LogP) is 3.52. The minimum absolute atomic E-state index is 0.0344. The Morgan fingerprint density at radius 1 is 0.879 bits per heavy atom. The van der Waals surface area contributed by atoms with Crippen molar-refractivity contribution < 1.29 is 46.6 Å². The fourth-order valence-corrected chi connectivity index (χ4v) is 10.5. The lowest BCUT2D eigenvalue weighted by molar-refractivity contribution is -0.136. The molecule has 2 atom stereocenters. The van der Waals surface area contributed by atoms with Gasteiger partial charge >= 0.3 is 0 Å². The molecule has 8 rings (SSSR count). The fraction of sp³-hybridized carbons (Fsp3) is 0.447. The number of nitrogens with two attached hydrogens (primary N) is 1. The minimum atomic E-state index is -3.35. The number of amides is 5. The third kappa shape index (κ3) is 9.77. The first-order valence-electron chi connectivity index (χ1n) is 22.4. The summed E-state index contributed by atoms with van der Waals surface area (Å²) in [7, 11) is -3.35. The summed E-state index contributed by atoms with van der Waals surface area (Å²) in [6, 6.07) is 17.5. The average molecular weight is 942 g/mol. The van der Waals surface area contributed by atoms with E-state index in [0.29, 0.717) is 63.8 Å². The third-order valence-electron chi connectivity index (χ3n) is 12.8. The molecule has 1 aromatic heterocycles. The van der Waals surface area contributed by atoms with Gasteiger partial charge in [-0.1, -0.05) is 48.6 Å². The molecule has 3 aromatic carbocycles. The second kappa shape index (κ2) is 20.1. The van der Waals surface area contributed by atoms with Gasteiger partial charge in [0.05, 0.1) is 48.8 Å². The molecule has 0 aliphatic carbocycles. The maximum Gasteiger partial charge on any atom is 0.266 e. The number of aromatic nitrogens is 1. The van der Waals surface area contributed by atoms with Crippen LogP contribution in [0.4, 0.5) is 0 Å². The molecule has 4 N–H and O–H groups in total. The lowest BCUT2D eigenvalue weighted by Gasteiger charge is -2.39. The van der Waals surface area contributed by atoms with Gasteiger partial charge in [-0.05, 0) is 74.9 Å². The third-order valence-corrected chi connectivity index (χ3v) is 15.4. The lowest BCUT2D eigenvalue weighted by Crippen LogP contribution is -2.56. The van der Waals surface area contributed by atoms with Gasteiger partial charge < -0.3 is 29.8 Å². The molecule has 0 saturated carbocycles. The molecular formula is C47H55N7O10S2. The Morgan fingerprint density at radius 2 is 1.62 bits per heavy atom. The summed E-state index contributed by atoms with van der Waals surface area (Å²) < 4.78 is 47.0. The van der Waals surface area contributed by atoms with Gasteiger partial charge in [-0.15, -0.1) is 0 Å². The molecule has 66 heavy (non-hydrogen) atoms. The van der Waals surface area contributed by atoms with E-state index in [0.717, 1.165) is 51.0 Å². The Hall–Kier alpha value is -5.57. The van der Waals surface area contributed by atoms with Crippen molar-refractivity contribution in [1.29, 1.82) is 0 Å². The zero-order valence-corrected chi connectivity index (χ0v) is 38.7. The van der Waals surface area contributed by atoms with Crippen LogP contribution >= 0.6 is 12.2 Å². The number of nitrogens with one attached hydrogen (secondary N) is 2. The van der Waals surface area contributed by atoms with Gasteiger partial charge in [-0.3, -0.25) is 39.1 Å². The summed E-state index contributed by atoms with van der Waals surface area (Å²) in [6.45, 7) is 7.38. The van der Waals surface area contributed by atoms with Gasteiger partial charge in [0, 0.05) is 73.4 Å². The quantitative estimate of drug-likeness (QED) is 0.0699. The number of fused-ring (bicyclic) bond motifs is 2. The van der Waals surface area contributed by atoms with Crippen molar-refractivity contribution in [3.8, 4) is 16.9 Å². The van der Waals surface area contributed by atoms with E-state index in [-0.39, 0.29) is 60.9 Å². The van der Waals surface area contributed by atoms with Crippen molar-refractivity contribution in [3.05, 3.63) is 89.1 Å². The van der Waals surface area contributed by atoms with Gasteiger partial charge in [0.2, 0.25) is 27.7 Å². The van der Waals surface area contributed by atoms with Crippen LogP contribution in [0.25, 0.3) is 22.0 Å². The number of thiocarbonyl (C=S) groups is 1. The first-order chi connectivity index (χ1) is 31.7. The van der Waals surface area contributed by atoms with Crippen LogP contribution in [0.1, 0.15) is 83.8 Å². The number of benzene rings is 3. The van der Waals surface area contributed by atoms with E-state index in [1.165, 1.54) is 6.07 Å². The van der Waals surface area contributed by atoms with Crippen molar-refractivity contribution in [3.63, 3.8) is 0 Å². The summed E-state index contributed by atoms with van der Waals surface area (Å²) in [5.74, 6) is -2.19. The van der Waals surface area contributed by atoms with Gasteiger partial charge in [0.15, 0.2) is 0 Å². The highest BCUT2D eigenvalue weighted by Gasteiger charge is 2.46. The lowest BCUT2D eigenvalue weighted by atomic mass is 10.0. The van der Waals surface area contributed by atoms with E-state index in [1.54, 1.807) is 30.3 Å². The topological polar surface area (TPSA) is 212 Å². The molecule has 5 amide bonds. The molecule has 3 saturated heterocycles. The summed E-state index contributed by atoms with van der Waals surface area (Å²) in [5, 5.41) is 5.90. The number of likely N-dealkylation sites (tertiary alicyclic amines) is 1. The van der Waals surface area contributed by atoms with Crippen LogP contribution < -0.4 is 21.1 Å². The SMILES string of the molecule is CC(C)S(=O)(=O)N1CCC(n2cc(-c3cccc(C(N)=S)c3)c3ccc(CNC(=O)C4CCN4CCOCCOCCOc4cccc5c4C(=O)N(C4CCC(=O)NC4=O)C5=O)cc32)CC1. The summed E-state index contributed by atoms with van der Waals surface area (Å²) >= 11 is 5.27. The van der Waals surface area contributed by atoms with E-state index in [4.69, 9.17) is 32.2 Å². The number of hydrogen-bond donors (Lipinski definition) is 3. The van der Waals surface area contributed by atoms with E-state index >= 15 is 0 Å². The normalized spacial score (nSPS) is 19.6. The highest BCUT2D eigenvalue weighted by molar-refractivity contribution is 7.89. The van der Waals surface area contributed by atoms with E-state index in [2.05, 4.69) is 38.4 Å². The fourth-order valence-electron chi connectivity index (χ4n) is 9.08. The van der Waals surface area contributed by atoms with Crippen LogP contribution in [0.15, 0.2) is 66.9 Å². The zero-order chi connectivity index (χ0) is 46.7. The maximum absolute atomic E-state index is 13.4. The molecule has 0 bridgehead atoms. The molecule has 4 aliphatic heterocycles. The van der Waals surface area contributed by atoms with Crippen LogP contribution in [-0.2, 0) is 40.4 Å². The average Bonchev–Trinajstić information content (AvgIpc) is 3.79. The van der Waals surface area contributed by atoms with Crippen LogP contribution in [0.5, 0.6) is 5.75 Å². The van der Waals surface area contributed by atoms with E-state index < -0.39 is 44.9 Å². The molecule has 4 aliphatic rings. The van der Waals surface area contributed by atoms with E-state index in [9.17, 15) is 32.4 Å². The molecule has 19 heteroatoms. The van der Waals surface area contributed by atoms with Gasteiger partial charge in [-0.2, -0.15) is 0 Å². The molecule has 4 aromatic rings. The maximum atomic E-state index is 13.4. The standard InChI is InChI=1S/C47H55N7O10S2/c1-29(2)66(60,61)52-17-13-33(14-18-52)53-28-36(31-5-3-6-32(26-31)43(48)65)34-10-9-30(25-39(34)53)27-49-44(56)37-15-16-51(37)19-20-62-21-22-63-23-24-64-40-8-4-7-35-42(40)47(59)54(46(35)58)38-11-12-41(55)50-45(38)57/h3-10,25-26,28-29,33,37-38H,11-24,27H2,1-2H3,(H2,48,65)(H,49,56)(H,50,55,57). The highest BCUT2D eigenvalue weighted by atomic mass is 32.2. The number of rotatable bonds is 19. The summed E-state index contributed by atoms with van der Waals surface area (Å²) in [6.07, 6.45) is 4.34. The second-order valence-electron chi connectivity index (χ2n) is 17.2. The Bertz CT molecular complexity index is 2660.